The molecule has 10 nitrogen and oxygen atoms in total. The van der Waals surface area contributed by atoms with E-state index in [-0.39, 0.29) is 23.2 Å². The van der Waals surface area contributed by atoms with Gasteiger partial charge in [-0.3, -0.25) is 4.79 Å². The molecule has 0 saturated heterocycles. The van der Waals surface area contributed by atoms with Crippen LogP contribution >= 0.6 is 0 Å². The first kappa shape index (κ1) is 29.8. The highest BCUT2D eigenvalue weighted by Gasteiger charge is 2.28. The lowest BCUT2D eigenvalue weighted by atomic mass is 10.0. The van der Waals surface area contributed by atoms with Crippen LogP contribution in [-0.4, -0.2) is 41.9 Å². The van der Waals surface area contributed by atoms with Gasteiger partial charge in [0.05, 0.1) is 24.2 Å². The Morgan fingerprint density at radius 3 is 2.56 bits per heavy atom. The Labute approximate surface area is 259 Å². The fourth-order valence-corrected chi connectivity index (χ4v) is 5.35. The number of aryl methyl sites for hydroxylation is 1. The summed E-state index contributed by atoms with van der Waals surface area (Å²) in [5, 5.41) is 3.91. The molecule has 232 valence electrons. The largest absolute Gasteiger partial charge is 0.490 e. The van der Waals surface area contributed by atoms with Gasteiger partial charge in [-0.2, -0.15) is 0 Å². The van der Waals surface area contributed by atoms with Crippen molar-refractivity contribution < 1.29 is 33.0 Å². The number of benzene rings is 3. The molecular formula is C35H34N2O8. The summed E-state index contributed by atoms with van der Waals surface area (Å²) >= 11 is 0. The number of esters is 1. The molecule has 1 aliphatic rings. The maximum Gasteiger partial charge on any atom is 0.408 e. The van der Waals surface area contributed by atoms with Gasteiger partial charge in [-0.25, -0.2) is 9.59 Å². The summed E-state index contributed by atoms with van der Waals surface area (Å²) in [6.07, 6.45) is 1.99. The monoisotopic (exact) mass is 610 g/mol. The lowest BCUT2D eigenvalue weighted by Gasteiger charge is -2.23. The highest BCUT2D eigenvalue weighted by molar-refractivity contribution is 5.88. The average Bonchev–Trinajstić information content (AvgIpc) is 3.23. The van der Waals surface area contributed by atoms with Gasteiger partial charge in [0, 0.05) is 36.0 Å². The predicted molar refractivity (Wildman–Crippen MR) is 169 cm³/mol. The Kier molecular flexibility index (Phi) is 7.97. The van der Waals surface area contributed by atoms with Crippen LogP contribution in [0.5, 0.6) is 17.2 Å². The van der Waals surface area contributed by atoms with E-state index in [1.54, 1.807) is 58.2 Å². The Morgan fingerprint density at radius 2 is 1.76 bits per heavy atom. The zero-order valence-electron chi connectivity index (χ0n) is 25.5. The first-order valence-electron chi connectivity index (χ1n) is 14.8. The molecule has 5 aromatic rings. The van der Waals surface area contributed by atoms with Gasteiger partial charge in [0.1, 0.15) is 28.7 Å². The van der Waals surface area contributed by atoms with Crippen LogP contribution in [0.3, 0.4) is 0 Å². The number of nitrogens with one attached hydrogen (secondary N) is 2. The maximum atomic E-state index is 13.6. The summed E-state index contributed by atoms with van der Waals surface area (Å²) in [5.41, 5.74) is 2.05. The highest BCUT2D eigenvalue weighted by Crippen LogP contribution is 2.35. The molecule has 3 heterocycles. The van der Waals surface area contributed by atoms with Gasteiger partial charge in [-0.15, -0.1) is 0 Å². The molecule has 0 spiro atoms. The van der Waals surface area contributed by atoms with E-state index in [4.69, 9.17) is 23.4 Å². The van der Waals surface area contributed by atoms with Crippen LogP contribution in [0.2, 0.25) is 0 Å². The maximum absolute atomic E-state index is 13.6. The third-order valence-electron chi connectivity index (χ3n) is 7.37. The van der Waals surface area contributed by atoms with Crippen molar-refractivity contribution >= 4 is 33.9 Å². The van der Waals surface area contributed by atoms with Crippen LogP contribution in [0.15, 0.2) is 76.1 Å². The lowest BCUT2D eigenvalue weighted by molar-refractivity contribution is -0.136. The topological polar surface area (TPSA) is 129 Å². The summed E-state index contributed by atoms with van der Waals surface area (Å²) in [6.45, 7) is 8.02. The highest BCUT2D eigenvalue weighted by atomic mass is 16.6. The van der Waals surface area contributed by atoms with Crippen molar-refractivity contribution in [1.82, 2.24) is 10.3 Å². The molecule has 3 aromatic carbocycles. The van der Waals surface area contributed by atoms with Crippen molar-refractivity contribution in [1.29, 1.82) is 0 Å². The Morgan fingerprint density at radius 1 is 0.978 bits per heavy atom. The molecular weight excluding hydrogens is 576 g/mol. The Balaban J connectivity index is 1.27. The smallest absolute Gasteiger partial charge is 0.408 e. The van der Waals surface area contributed by atoms with Gasteiger partial charge in [0.2, 0.25) is 5.43 Å². The van der Waals surface area contributed by atoms with Gasteiger partial charge in [-0.1, -0.05) is 24.3 Å². The van der Waals surface area contributed by atoms with Crippen LogP contribution in [0, 0.1) is 6.92 Å². The second-order valence-electron chi connectivity index (χ2n) is 11.9. The molecule has 6 rings (SSSR count). The number of carbonyl (C=O) groups excluding carboxylic acids is 2. The number of fused-ring (bicyclic) bond motifs is 3. The average molecular weight is 611 g/mol. The van der Waals surface area contributed by atoms with E-state index in [9.17, 15) is 14.4 Å². The van der Waals surface area contributed by atoms with Gasteiger partial charge < -0.3 is 33.7 Å². The summed E-state index contributed by atoms with van der Waals surface area (Å²) in [7, 11) is 0. The van der Waals surface area contributed by atoms with Crippen molar-refractivity contribution in [2.45, 2.75) is 52.2 Å². The normalized spacial score (nSPS) is 13.7. The van der Waals surface area contributed by atoms with Gasteiger partial charge in [0.25, 0.3) is 0 Å². The molecule has 1 atom stereocenters. The molecule has 0 fully saturated rings. The summed E-state index contributed by atoms with van der Waals surface area (Å²) in [5.74, 6) is 1.07. The van der Waals surface area contributed by atoms with Gasteiger partial charge in [0.15, 0.2) is 11.5 Å². The molecule has 1 aliphatic heterocycles. The number of alkyl carbamates (subject to hydrolysis) is 1. The zero-order valence-corrected chi connectivity index (χ0v) is 25.5. The molecule has 45 heavy (non-hydrogen) atoms. The summed E-state index contributed by atoms with van der Waals surface area (Å²) in [4.78, 5) is 43.0. The minimum absolute atomic E-state index is 0.156. The van der Waals surface area contributed by atoms with Crippen LogP contribution in [0.4, 0.5) is 4.79 Å². The minimum Gasteiger partial charge on any atom is -0.490 e. The number of hydrogen-bond acceptors (Lipinski definition) is 8. The van der Waals surface area contributed by atoms with Crippen molar-refractivity contribution in [3.8, 4) is 28.4 Å². The third-order valence-corrected chi connectivity index (χ3v) is 7.37. The lowest BCUT2D eigenvalue weighted by Crippen LogP contribution is -2.46. The summed E-state index contributed by atoms with van der Waals surface area (Å²) < 4.78 is 28.8. The zero-order chi connectivity index (χ0) is 31.7. The number of amides is 1. The SMILES string of the molecule is Cc1oc2cc(OC(=O)C(Cc3c[nH]c4ccccc34)NC(=O)OC(C)(C)C)ccc2c(=O)c1-c1ccc2c(c1)OCCCO2. The van der Waals surface area contributed by atoms with Crippen LogP contribution in [0.1, 0.15) is 38.5 Å². The second-order valence-corrected chi connectivity index (χ2v) is 11.9. The fourth-order valence-electron chi connectivity index (χ4n) is 5.35. The Bertz CT molecular complexity index is 1970. The van der Waals surface area contributed by atoms with E-state index in [1.807, 2.05) is 24.3 Å². The number of rotatable bonds is 6. The van der Waals surface area contributed by atoms with E-state index in [1.165, 1.54) is 12.1 Å². The molecule has 2 N–H and O–H groups in total. The molecule has 1 amide bonds. The van der Waals surface area contributed by atoms with Crippen LogP contribution in [0.25, 0.3) is 33.0 Å². The molecule has 2 aromatic heterocycles. The van der Waals surface area contributed by atoms with E-state index in [0.717, 1.165) is 22.9 Å². The number of aromatic nitrogens is 1. The van der Waals surface area contributed by atoms with E-state index >= 15 is 0 Å². The van der Waals surface area contributed by atoms with E-state index in [2.05, 4.69) is 10.3 Å². The second kappa shape index (κ2) is 12.0. The third kappa shape index (κ3) is 6.50. The van der Waals surface area contributed by atoms with Crippen molar-refractivity contribution in [3.63, 3.8) is 0 Å². The number of para-hydroxylation sites is 1. The predicted octanol–water partition coefficient (Wildman–Crippen LogP) is 6.45. The first-order valence-corrected chi connectivity index (χ1v) is 14.8. The first-order chi connectivity index (χ1) is 21.6. The van der Waals surface area contributed by atoms with Crippen molar-refractivity contribution in [2.75, 3.05) is 13.2 Å². The standard InChI is InChI=1S/C35H34N2O8/c1-20-31(21-10-13-28-30(17-21)42-15-7-14-41-28)32(38)25-12-11-23(18-29(25)43-20)44-33(39)27(37-34(40)45-35(2,3)4)16-22-19-36-26-9-6-5-8-24(22)26/h5-6,8-13,17-19,27,36H,7,14-16H2,1-4H3,(H,37,40). The molecule has 0 aliphatic carbocycles. The number of carbonyl (C=O) groups is 2. The summed E-state index contributed by atoms with van der Waals surface area (Å²) in [6, 6.07) is 16.6. The van der Waals surface area contributed by atoms with Crippen molar-refractivity contribution in [2.24, 2.45) is 0 Å². The van der Waals surface area contributed by atoms with Gasteiger partial charge >= 0.3 is 12.1 Å². The Hall–Kier alpha value is -5.25. The van der Waals surface area contributed by atoms with E-state index in [0.29, 0.717) is 47.0 Å². The molecule has 0 radical (unpaired) electrons. The number of hydrogen-bond donors (Lipinski definition) is 2. The van der Waals surface area contributed by atoms with Crippen LogP contribution in [-0.2, 0) is 16.0 Å². The molecule has 10 heteroatoms. The van der Waals surface area contributed by atoms with E-state index < -0.39 is 23.7 Å². The van der Waals surface area contributed by atoms with Crippen LogP contribution < -0.4 is 25.0 Å². The molecule has 0 saturated carbocycles. The molecule has 1 unspecified atom stereocenters. The molecule has 0 bridgehead atoms. The number of aromatic amines is 1. The van der Waals surface area contributed by atoms with Gasteiger partial charge in [-0.05, 0) is 69.2 Å². The minimum atomic E-state index is -1.06. The number of ether oxygens (including phenoxy) is 4. The fraction of sp³-hybridized carbons (Fsp3) is 0.286. The quantitative estimate of drug-likeness (QED) is 0.166. The van der Waals surface area contributed by atoms with Crippen molar-refractivity contribution in [3.05, 3.63) is 88.4 Å². The number of H-pyrrole nitrogens is 1.